The molecule has 0 atom stereocenters. The molecule has 108 valence electrons. The number of hydrogen-bond acceptors (Lipinski definition) is 4. The smallest absolute Gasteiger partial charge is 0.239 e. The van der Waals surface area contributed by atoms with Crippen LogP contribution in [0.5, 0.6) is 0 Å². The van der Waals surface area contributed by atoms with Gasteiger partial charge in [-0.1, -0.05) is 23.2 Å². The van der Waals surface area contributed by atoms with Crippen LogP contribution in [-0.4, -0.2) is 14.3 Å². The van der Waals surface area contributed by atoms with Gasteiger partial charge in [0.1, 0.15) is 0 Å². The molecule has 0 spiro atoms. The van der Waals surface area contributed by atoms with E-state index in [0.717, 1.165) is 0 Å². The minimum atomic E-state index is -3.85. The van der Waals surface area contributed by atoms with E-state index < -0.39 is 9.84 Å². The Bertz CT molecular complexity index is 756. The van der Waals surface area contributed by atoms with Gasteiger partial charge in [-0.25, -0.2) is 8.42 Å². The molecule has 0 amide bonds. The maximum atomic E-state index is 12.2. The Morgan fingerprint density at radius 1 is 1.15 bits per heavy atom. The number of nitrogens with one attached hydrogen (secondary N) is 1. The Balaban J connectivity index is 0.00000200. The number of furan rings is 1. The summed E-state index contributed by atoms with van der Waals surface area (Å²) in [5.74, 6) is -0.366. The maximum absolute atomic E-state index is 12.2. The van der Waals surface area contributed by atoms with E-state index in [1.165, 1.54) is 30.3 Å². The first-order valence-corrected chi connectivity index (χ1v) is 7.20. The first kappa shape index (κ1) is 16.8. The van der Waals surface area contributed by atoms with Gasteiger partial charge in [-0.15, -0.1) is 12.4 Å². The zero-order chi connectivity index (χ0) is 14.2. The molecule has 0 bridgehead atoms. The number of halogens is 3. The van der Waals surface area contributed by atoms with Crippen LogP contribution in [0.1, 0.15) is 5.76 Å². The number of amidine groups is 1. The van der Waals surface area contributed by atoms with E-state index >= 15 is 0 Å². The van der Waals surface area contributed by atoms with Crippen molar-refractivity contribution in [3.8, 4) is 0 Å². The maximum Gasteiger partial charge on any atom is 0.239 e. The van der Waals surface area contributed by atoms with Crippen molar-refractivity contribution in [3.63, 3.8) is 0 Å². The van der Waals surface area contributed by atoms with Crippen molar-refractivity contribution in [1.82, 2.24) is 0 Å². The molecule has 0 fully saturated rings. The molecule has 1 heterocycles. The summed E-state index contributed by atoms with van der Waals surface area (Å²) in [5, 5.41) is 7.24. The van der Waals surface area contributed by atoms with Crippen LogP contribution in [-0.2, 0) is 9.84 Å². The molecule has 0 radical (unpaired) electrons. The molecule has 2 aromatic rings. The molecule has 1 aromatic heterocycles. The van der Waals surface area contributed by atoms with Gasteiger partial charge in [-0.3, -0.25) is 5.41 Å². The molecule has 0 saturated heterocycles. The standard InChI is InChI=1S/C11H8Cl2N2O3S.ClH/c12-7-2-1-6(5-8(7)13)19(16,17)10-4-3-9(18-10)11(14)15;/h1-5H,(H3,14,15);1H. The lowest BCUT2D eigenvalue weighted by molar-refractivity contribution is 0.443. The Morgan fingerprint density at radius 2 is 1.80 bits per heavy atom. The van der Waals surface area contributed by atoms with Gasteiger partial charge in [0.05, 0.1) is 14.9 Å². The molecule has 5 nitrogen and oxygen atoms in total. The lowest BCUT2D eigenvalue weighted by atomic mass is 10.4. The van der Waals surface area contributed by atoms with E-state index in [1.807, 2.05) is 0 Å². The van der Waals surface area contributed by atoms with Crippen LogP contribution < -0.4 is 5.73 Å². The fourth-order valence-electron chi connectivity index (χ4n) is 1.37. The fourth-order valence-corrected chi connectivity index (χ4v) is 2.93. The summed E-state index contributed by atoms with van der Waals surface area (Å²) in [5.41, 5.74) is 5.21. The van der Waals surface area contributed by atoms with Crippen LogP contribution in [0, 0.1) is 5.41 Å². The normalized spacial score (nSPS) is 10.9. The van der Waals surface area contributed by atoms with Crippen LogP contribution in [0.25, 0.3) is 0 Å². The summed E-state index contributed by atoms with van der Waals surface area (Å²) in [6, 6.07) is 6.47. The van der Waals surface area contributed by atoms with Crippen LogP contribution in [0.15, 0.2) is 44.7 Å². The Morgan fingerprint density at radius 3 is 2.30 bits per heavy atom. The molecule has 0 unspecified atom stereocenters. The Hall–Kier alpha value is -1.21. The van der Waals surface area contributed by atoms with E-state index in [4.69, 9.17) is 38.8 Å². The highest BCUT2D eigenvalue weighted by molar-refractivity contribution is 7.91. The minimum absolute atomic E-state index is 0. The molecule has 20 heavy (non-hydrogen) atoms. The van der Waals surface area contributed by atoms with Crippen molar-refractivity contribution < 1.29 is 12.8 Å². The van der Waals surface area contributed by atoms with E-state index in [9.17, 15) is 8.42 Å². The summed E-state index contributed by atoms with van der Waals surface area (Å²) >= 11 is 11.5. The lowest BCUT2D eigenvalue weighted by Gasteiger charge is -2.03. The highest BCUT2D eigenvalue weighted by Gasteiger charge is 2.23. The molecule has 0 aliphatic carbocycles. The molecule has 0 saturated carbocycles. The third-order valence-corrected chi connectivity index (χ3v) is 4.68. The van der Waals surface area contributed by atoms with Crippen molar-refractivity contribution in [2.45, 2.75) is 9.99 Å². The van der Waals surface area contributed by atoms with Gasteiger partial charge in [0.2, 0.25) is 14.9 Å². The number of nitrogens with two attached hydrogens (primary N) is 1. The Labute approximate surface area is 131 Å². The molecule has 2 rings (SSSR count). The SMILES string of the molecule is Cl.N=C(N)c1ccc(S(=O)(=O)c2ccc(Cl)c(Cl)c2)o1. The predicted octanol–water partition coefficient (Wildman–Crippen LogP) is 3.13. The third-order valence-electron chi connectivity index (χ3n) is 2.31. The highest BCUT2D eigenvalue weighted by Crippen LogP contribution is 2.29. The molecular formula is C11H9Cl3N2O3S. The van der Waals surface area contributed by atoms with Gasteiger partial charge in [0, 0.05) is 0 Å². The summed E-state index contributed by atoms with van der Waals surface area (Å²) in [4.78, 5) is -0.0497. The summed E-state index contributed by atoms with van der Waals surface area (Å²) < 4.78 is 29.5. The molecule has 3 N–H and O–H groups in total. The summed E-state index contributed by atoms with van der Waals surface area (Å²) in [6.07, 6.45) is 0. The number of hydrogen-bond donors (Lipinski definition) is 2. The van der Waals surface area contributed by atoms with Gasteiger partial charge < -0.3 is 10.2 Å². The van der Waals surface area contributed by atoms with Gasteiger partial charge in [-0.05, 0) is 30.3 Å². The van der Waals surface area contributed by atoms with Crippen molar-refractivity contribution >= 4 is 51.3 Å². The van der Waals surface area contributed by atoms with Crippen LogP contribution >= 0.6 is 35.6 Å². The topological polar surface area (TPSA) is 97.1 Å². The van der Waals surface area contributed by atoms with Crippen molar-refractivity contribution in [1.29, 1.82) is 5.41 Å². The van der Waals surface area contributed by atoms with Crippen LogP contribution in [0.2, 0.25) is 10.0 Å². The predicted molar refractivity (Wildman–Crippen MR) is 78.9 cm³/mol. The zero-order valence-corrected chi connectivity index (χ0v) is 12.9. The van der Waals surface area contributed by atoms with Gasteiger partial charge in [0.25, 0.3) is 0 Å². The summed E-state index contributed by atoms with van der Waals surface area (Å²) in [7, 11) is -3.85. The second-order valence-corrected chi connectivity index (χ2v) is 6.31. The van der Waals surface area contributed by atoms with E-state index in [-0.39, 0.29) is 44.0 Å². The first-order chi connectivity index (χ1) is 8.82. The number of sulfone groups is 1. The summed E-state index contributed by atoms with van der Waals surface area (Å²) in [6.45, 7) is 0. The quantitative estimate of drug-likeness (QED) is 0.653. The van der Waals surface area contributed by atoms with Crippen molar-refractivity contribution in [2.24, 2.45) is 5.73 Å². The average molecular weight is 356 g/mol. The van der Waals surface area contributed by atoms with E-state index in [0.29, 0.717) is 0 Å². The molecular weight excluding hydrogens is 347 g/mol. The number of nitrogen functional groups attached to an aromatic ring is 1. The minimum Gasteiger partial charge on any atom is -0.441 e. The van der Waals surface area contributed by atoms with Gasteiger partial charge >= 0.3 is 0 Å². The van der Waals surface area contributed by atoms with Crippen molar-refractivity contribution in [3.05, 3.63) is 46.1 Å². The molecule has 1 aromatic carbocycles. The molecule has 0 aliphatic heterocycles. The van der Waals surface area contributed by atoms with Crippen LogP contribution in [0.4, 0.5) is 0 Å². The van der Waals surface area contributed by atoms with Crippen LogP contribution in [0.3, 0.4) is 0 Å². The largest absolute Gasteiger partial charge is 0.441 e. The zero-order valence-electron chi connectivity index (χ0n) is 9.76. The lowest BCUT2D eigenvalue weighted by Crippen LogP contribution is -2.09. The first-order valence-electron chi connectivity index (χ1n) is 4.97. The van der Waals surface area contributed by atoms with Gasteiger partial charge in [-0.2, -0.15) is 0 Å². The second-order valence-electron chi connectivity index (χ2n) is 3.61. The average Bonchev–Trinajstić information content (AvgIpc) is 2.82. The monoisotopic (exact) mass is 354 g/mol. The van der Waals surface area contributed by atoms with E-state index in [2.05, 4.69) is 0 Å². The highest BCUT2D eigenvalue weighted by atomic mass is 35.5. The fraction of sp³-hybridized carbons (Fsp3) is 0. The second kappa shape index (κ2) is 6.05. The number of rotatable bonds is 3. The van der Waals surface area contributed by atoms with E-state index in [1.54, 1.807) is 0 Å². The Kier molecular flexibility index (Phi) is 5.10. The number of benzene rings is 1. The molecule has 9 heteroatoms. The third kappa shape index (κ3) is 3.09. The molecule has 0 aliphatic rings. The van der Waals surface area contributed by atoms with Crippen molar-refractivity contribution in [2.75, 3.05) is 0 Å². The van der Waals surface area contributed by atoms with Gasteiger partial charge in [0.15, 0.2) is 11.6 Å².